The molecule has 1 N–H and O–H groups in total. The second kappa shape index (κ2) is 7.50. The van der Waals surface area contributed by atoms with E-state index in [1.165, 1.54) is 24.3 Å². The van der Waals surface area contributed by atoms with E-state index in [0.29, 0.717) is 11.6 Å². The van der Waals surface area contributed by atoms with Crippen molar-refractivity contribution in [1.29, 1.82) is 0 Å². The highest BCUT2D eigenvalue weighted by atomic mass is 35.5. The highest BCUT2D eigenvalue weighted by Crippen LogP contribution is 2.51. The fourth-order valence-electron chi connectivity index (χ4n) is 3.60. The van der Waals surface area contributed by atoms with Crippen molar-refractivity contribution < 1.29 is 35.6 Å². The first-order chi connectivity index (χ1) is 14.8. The molecule has 172 valence electrons. The Hall–Kier alpha value is -2.04. The summed E-state index contributed by atoms with van der Waals surface area (Å²) in [4.78, 5) is 4.76. The standard InChI is InChI=1S/C20H13Cl2F7N2O/c21-14-6-12(5-13(16(14)22)19(24,25)26)18(20(27,28)29)7-15(31-32-18)10-1-3-11(4-2-10)17(23)8-30-9-17/h1-6,30H,7-9H2/t18-/m0/s1. The number of halogens is 9. The van der Waals surface area contributed by atoms with E-state index in [9.17, 15) is 30.7 Å². The topological polar surface area (TPSA) is 33.6 Å². The minimum Gasteiger partial charge on any atom is -0.374 e. The third kappa shape index (κ3) is 3.72. The van der Waals surface area contributed by atoms with Gasteiger partial charge in [0.15, 0.2) is 5.67 Å². The summed E-state index contributed by atoms with van der Waals surface area (Å²) in [5, 5.41) is 4.68. The van der Waals surface area contributed by atoms with Crippen molar-refractivity contribution in [2.45, 2.75) is 30.0 Å². The first-order valence-corrected chi connectivity index (χ1v) is 9.91. The first kappa shape index (κ1) is 23.1. The average Bonchev–Trinajstić information content (AvgIpc) is 3.14. The van der Waals surface area contributed by atoms with Gasteiger partial charge < -0.3 is 10.2 Å². The van der Waals surface area contributed by atoms with Crippen LogP contribution in [-0.2, 0) is 22.3 Å². The van der Waals surface area contributed by atoms with Crippen LogP contribution in [-0.4, -0.2) is 25.0 Å². The second-order valence-electron chi connectivity index (χ2n) is 7.59. The van der Waals surface area contributed by atoms with E-state index in [4.69, 9.17) is 28.0 Å². The van der Waals surface area contributed by atoms with Crippen LogP contribution in [0.5, 0.6) is 0 Å². The molecule has 1 saturated heterocycles. The van der Waals surface area contributed by atoms with Crippen LogP contribution >= 0.6 is 23.2 Å². The normalized spacial score (nSPS) is 22.8. The molecule has 2 aromatic carbocycles. The molecule has 0 aromatic heterocycles. The Labute approximate surface area is 187 Å². The van der Waals surface area contributed by atoms with Crippen molar-refractivity contribution in [2.24, 2.45) is 5.16 Å². The second-order valence-corrected chi connectivity index (χ2v) is 8.38. The summed E-state index contributed by atoms with van der Waals surface area (Å²) in [5.41, 5.74) is -6.76. The number of hydrogen-bond acceptors (Lipinski definition) is 3. The summed E-state index contributed by atoms with van der Waals surface area (Å²) < 4.78 is 96.7. The van der Waals surface area contributed by atoms with E-state index < -0.39 is 51.2 Å². The molecular formula is C20H13Cl2F7N2O. The predicted molar refractivity (Wildman–Crippen MR) is 104 cm³/mol. The van der Waals surface area contributed by atoms with E-state index in [2.05, 4.69) is 10.5 Å². The lowest BCUT2D eigenvalue weighted by Gasteiger charge is -2.35. The van der Waals surface area contributed by atoms with Gasteiger partial charge in [0, 0.05) is 25.1 Å². The molecule has 0 radical (unpaired) electrons. The molecule has 32 heavy (non-hydrogen) atoms. The van der Waals surface area contributed by atoms with Gasteiger partial charge in [-0.1, -0.05) is 52.6 Å². The number of nitrogens with zero attached hydrogens (tertiary/aromatic N) is 1. The van der Waals surface area contributed by atoms with Crippen LogP contribution in [0.3, 0.4) is 0 Å². The van der Waals surface area contributed by atoms with Crippen molar-refractivity contribution in [3.8, 4) is 0 Å². The Balaban J connectivity index is 1.71. The van der Waals surface area contributed by atoms with E-state index in [-0.39, 0.29) is 30.4 Å². The summed E-state index contributed by atoms with van der Waals surface area (Å²) in [5.74, 6) is 0. The number of benzene rings is 2. The Morgan fingerprint density at radius 2 is 1.56 bits per heavy atom. The summed E-state index contributed by atoms with van der Waals surface area (Å²) >= 11 is 11.3. The third-order valence-electron chi connectivity index (χ3n) is 5.53. The van der Waals surface area contributed by atoms with Crippen molar-refractivity contribution in [3.63, 3.8) is 0 Å². The molecular weight excluding hydrogens is 488 g/mol. The SMILES string of the molecule is FC(F)(F)c1cc([C@]2(C(F)(F)F)CC(c3ccc(C4(F)CNC4)cc3)=NO2)cc(Cl)c1Cl. The predicted octanol–water partition coefficient (Wildman–Crippen LogP) is 6.36. The molecule has 2 aliphatic heterocycles. The molecule has 0 bridgehead atoms. The van der Waals surface area contributed by atoms with Gasteiger partial charge in [-0.15, -0.1) is 0 Å². The van der Waals surface area contributed by atoms with Crippen LogP contribution in [0.2, 0.25) is 10.0 Å². The third-order valence-corrected chi connectivity index (χ3v) is 6.33. The molecule has 0 unspecified atom stereocenters. The van der Waals surface area contributed by atoms with Gasteiger partial charge in [0.25, 0.3) is 5.60 Å². The first-order valence-electron chi connectivity index (χ1n) is 9.16. The minimum atomic E-state index is -5.14. The molecule has 2 aliphatic rings. The molecule has 2 aromatic rings. The van der Waals surface area contributed by atoms with Gasteiger partial charge in [-0.25, -0.2) is 4.39 Å². The van der Waals surface area contributed by atoms with Crippen molar-refractivity contribution >= 4 is 28.9 Å². The molecule has 0 spiro atoms. The molecule has 1 atom stereocenters. The number of alkyl halides is 7. The van der Waals surface area contributed by atoms with Gasteiger partial charge in [-0.05, 0) is 23.3 Å². The minimum absolute atomic E-state index is 0.118. The van der Waals surface area contributed by atoms with Gasteiger partial charge in [0.2, 0.25) is 0 Å². The van der Waals surface area contributed by atoms with Gasteiger partial charge in [-0.3, -0.25) is 0 Å². The lowest BCUT2D eigenvalue weighted by Crippen LogP contribution is -2.53. The zero-order valence-electron chi connectivity index (χ0n) is 15.8. The Morgan fingerprint density at radius 1 is 0.938 bits per heavy atom. The summed E-state index contributed by atoms with van der Waals surface area (Å²) in [6.45, 7) is 0.235. The zero-order chi connectivity index (χ0) is 23.5. The number of rotatable bonds is 3. The molecule has 12 heteroatoms. The number of nitrogens with one attached hydrogen (secondary N) is 1. The lowest BCUT2D eigenvalue weighted by molar-refractivity contribution is -0.276. The van der Waals surface area contributed by atoms with Crippen LogP contribution in [0.15, 0.2) is 41.6 Å². The molecule has 1 fully saturated rings. The van der Waals surface area contributed by atoms with Gasteiger partial charge in [0.05, 0.1) is 21.3 Å². The molecule has 0 aliphatic carbocycles. The van der Waals surface area contributed by atoms with Crippen LogP contribution in [0.4, 0.5) is 30.7 Å². The van der Waals surface area contributed by atoms with E-state index in [1.54, 1.807) is 0 Å². The van der Waals surface area contributed by atoms with Gasteiger partial charge >= 0.3 is 12.4 Å². The van der Waals surface area contributed by atoms with Crippen LogP contribution in [0.1, 0.15) is 28.7 Å². The molecule has 3 nitrogen and oxygen atoms in total. The van der Waals surface area contributed by atoms with Gasteiger partial charge in [0.1, 0.15) is 0 Å². The summed E-state index contributed by atoms with van der Waals surface area (Å²) in [7, 11) is 0. The van der Waals surface area contributed by atoms with E-state index >= 15 is 0 Å². The largest absolute Gasteiger partial charge is 0.435 e. The van der Waals surface area contributed by atoms with E-state index in [1.807, 2.05) is 0 Å². The zero-order valence-corrected chi connectivity index (χ0v) is 17.4. The number of oxime groups is 1. The monoisotopic (exact) mass is 500 g/mol. The fraction of sp³-hybridized carbons (Fsp3) is 0.350. The maximum absolute atomic E-state index is 14.5. The van der Waals surface area contributed by atoms with Gasteiger partial charge in [-0.2, -0.15) is 26.3 Å². The maximum Gasteiger partial charge on any atom is 0.435 e. The van der Waals surface area contributed by atoms with E-state index in [0.717, 1.165) is 0 Å². The smallest absolute Gasteiger partial charge is 0.374 e. The Bertz CT molecular complexity index is 1080. The molecule has 0 saturated carbocycles. The fourth-order valence-corrected chi connectivity index (χ4v) is 4.03. The number of hydrogen-bond donors (Lipinski definition) is 1. The van der Waals surface area contributed by atoms with Crippen LogP contribution in [0, 0.1) is 0 Å². The molecule has 4 rings (SSSR count). The summed E-state index contributed by atoms with van der Waals surface area (Å²) in [6.07, 6.45) is -11.1. The average molecular weight is 501 g/mol. The maximum atomic E-state index is 14.5. The highest BCUT2D eigenvalue weighted by molar-refractivity contribution is 6.42. The van der Waals surface area contributed by atoms with Crippen molar-refractivity contribution in [1.82, 2.24) is 5.32 Å². The quantitative estimate of drug-likeness (QED) is 0.497. The lowest BCUT2D eigenvalue weighted by atomic mass is 9.85. The highest BCUT2D eigenvalue weighted by Gasteiger charge is 2.63. The van der Waals surface area contributed by atoms with Crippen molar-refractivity contribution in [2.75, 3.05) is 13.1 Å². The molecule has 0 amide bonds. The summed E-state index contributed by atoms with van der Waals surface area (Å²) in [6, 6.07) is 6.57. The van der Waals surface area contributed by atoms with Crippen LogP contribution in [0.25, 0.3) is 0 Å². The van der Waals surface area contributed by atoms with Crippen molar-refractivity contribution in [3.05, 3.63) is 68.7 Å². The van der Waals surface area contributed by atoms with Crippen LogP contribution < -0.4 is 5.32 Å². The Morgan fingerprint density at radius 3 is 2.06 bits per heavy atom. The Kier molecular flexibility index (Phi) is 5.42. The molecule has 2 heterocycles.